The number of hydrogen-bond donors (Lipinski definition) is 3. The van der Waals surface area contributed by atoms with Crippen LogP contribution >= 0.6 is 0 Å². The molecule has 3 rings (SSSR count). The van der Waals surface area contributed by atoms with Gasteiger partial charge < -0.3 is 16.0 Å². The molecule has 7 heteroatoms. The summed E-state index contributed by atoms with van der Waals surface area (Å²) in [6.45, 7) is 3.43. The first-order valence-electron chi connectivity index (χ1n) is 8.85. The van der Waals surface area contributed by atoms with Gasteiger partial charge in [0.15, 0.2) is 0 Å². The molecule has 28 heavy (non-hydrogen) atoms. The van der Waals surface area contributed by atoms with Crippen molar-refractivity contribution < 1.29 is 9.59 Å². The largest absolute Gasteiger partial charge is 0.348 e. The third-order valence-electron chi connectivity index (χ3n) is 3.97. The molecule has 1 atom stereocenters. The predicted molar refractivity (Wildman–Crippen MR) is 109 cm³/mol. The van der Waals surface area contributed by atoms with Crippen LogP contribution < -0.4 is 16.0 Å². The van der Waals surface area contributed by atoms with Crippen LogP contribution in [0.1, 0.15) is 35.9 Å². The lowest BCUT2D eigenvalue weighted by molar-refractivity contribution is -0.114. The molecule has 0 saturated carbocycles. The van der Waals surface area contributed by atoms with E-state index in [-0.39, 0.29) is 23.6 Å². The van der Waals surface area contributed by atoms with Crippen molar-refractivity contribution in [2.75, 3.05) is 16.0 Å². The van der Waals surface area contributed by atoms with Crippen LogP contribution in [0.25, 0.3) is 0 Å². The van der Waals surface area contributed by atoms with E-state index in [1.165, 1.54) is 13.1 Å². The van der Waals surface area contributed by atoms with Crippen LogP contribution in [-0.2, 0) is 4.79 Å². The minimum atomic E-state index is -0.363. The van der Waals surface area contributed by atoms with E-state index in [1.807, 2.05) is 37.3 Å². The van der Waals surface area contributed by atoms with Crippen molar-refractivity contribution in [1.29, 1.82) is 0 Å². The van der Waals surface area contributed by atoms with Gasteiger partial charge in [-0.25, -0.2) is 9.97 Å². The average molecular weight is 375 g/mol. The molecule has 0 bridgehead atoms. The molecular weight excluding hydrogens is 354 g/mol. The highest BCUT2D eigenvalue weighted by molar-refractivity contribution is 6.03. The molecule has 2 amide bonds. The minimum Gasteiger partial charge on any atom is -0.348 e. The van der Waals surface area contributed by atoms with Crippen LogP contribution in [0.4, 0.5) is 17.3 Å². The van der Waals surface area contributed by atoms with Crippen LogP contribution in [0.2, 0.25) is 0 Å². The maximum absolute atomic E-state index is 12.5. The fraction of sp³-hybridized carbons (Fsp3) is 0.143. The van der Waals surface area contributed by atoms with Gasteiger partial charge in [0.05, 0.1) is 6.04 Å². The minimum absolute atomic E-state index is 0.00570. The summed E-state index contributed by atoms with van der Waals surface area (Å²) in [4.78, 5) is 32.2. The Morgan fingerprint density at radius 3 is 2.36 bits per heavy atom. The van der Waals surface area contributed by atoms with Crippen molar-refractivity contribution in [3.05, 3.63) is 78.1 Å². The molecule has 0 fully saturated rings. The number of amides is 2. The smallest absolute Gasteiger partial charge is 0.274 e. The zero-order valence-corrected chi connectivity index (χ0v) is 15.6. The van der Waals surface area contributed by atoms with Crippen LogP contribution in [0.5, 0.6) is 0 Å². The number of hydrogen-bond acceptors (Lipinski definition) is 5. The van der Waals surface area contributed by atoms with Crippen molar-refractivity contribution in [3.63, 3.8) is 0 Å². The molecule has 1 aromatic heterocycles. The lowest BCUT2D eigenvalue weighted by atomic mass is 10.1. The summed E-state index contributed by atoms with van der Waals surface area (Å²) in [6.07, 6.45) is 1.54. The Hall–Kier alpha value is -3.74. The molecule has 0 aliphatic rings. The molecule has 142 valence electrons. The number of carbonyl (C=O) groups excluding carboxylic acids is 2. The van der Waals surface area contributed by atoms with E-state index in [9.17, 15) is 9.59 Å². The Labute approximate surface area is 163 Å². The second-order valence-corrected chi connectivity index (χ2v) is 6.26. The molecule has 3 N–H and O–H groups in total. The van der Waals surface area contributed by atoms with Gasteiger partial charge in [-0.3, -0.25) is 9.59 Å². The van der Waals surface area contributed by atoms with Crippen molar-refractivity contribution in [2.24, 2.45) is 0 Å². The lowest BCUT2D eigenvalue weighted by Crippen LogP contribution is -2.16. The van der Waals surface area contributed by atoms with E-state index >= 15 is 0 Å². The first-order chi connectivity index (χ1) is 13.5. The maximum Gasteiger partial charge on any atom is 0.274 e. The van der Waals surface area contributed by atoms with Crippen LogP contribution in [-0.4, -0.2) is 21.8 Å². The lowest BCUT2D eigenvalue weighted by Gasteiger charge is -2.14. The Kier molecular flexibility index (Phi) is 5.96. The Morgan fingerprint density at radius 2 is 1.64 bits per heavy atom. The van der Waals surface area contributed by atoms with Gasteiger partial charge in [0.2, 0.25) is 11.9 Å². The van der Waals surface area contributed by atoms with E-state index in [0.717, 1.165) is 5.56 Å². The topological polar surface area (TPSA) is 96.0 Å². The van der Waals surface area contributed by atoms with Crippen molar-refractivity contribution >= 4 is 29.1 Å². The second-order valence-electron chi connectivity index (χ2n) is 6.26. The quantitative estimate of drug-likeness (QED) is 0.608. The molecule has 0 aliphatic carbocycles. The summed E-state index contributed by atoms with van der Waals surface area (Å²) in [6, 6.07) is 18.4. The maximum atomic E-state index is 12.5. The van der Waals surface area contributed by atoms with Crippen LogP contribution in [0, 0.1) is 0 Å². The predicted octanol–water partition coefficient (Wildman–Crippen LogP) is 3.86. The highest BCUT2D eigenvalue weighted by Crippen LogP contribution is 2.18. The Bertz CT molecular complexity index is 975. The van der Waals surface area contributed by atoms with Crippen LogP contribution in [0.15, 0.2) is 66.9 Å². The van der Waals surface area contributed by atoms with Gasteiger partial charge in [0.25, 0.3) is 5.91 Å². The summed E-state index contributed by atoms with van der Waals surface area (Å²) in [5.41, 5.74) is 2.49. The van der Waals surface area contributed by atoms with Crippen molar-refractivity contribution in [1.82, 2.24) is 9.97 Å². The first kappa shape index (κ1) is 19.0. The fourth-order valence-corrected chi connectivity index (χ4v) is 2.65. The summed E-state index contributed by atoms with van der Waals surface area (Å²) in [5, 5.41) is 8.65. The summed E-state index contributed by atoms with van der Waals surface area (Å²) in [5.74, 6) is -0.170. The van der Waals surface area contributed by atoms with E-state index in [2.05, 4.69) is 25.9 Å². The number of rotatable bonds is 6. The van der Waals surface area contributed by atoms with Crippen molar-refractivity contribution in [2.45, 2.75) is 19.9 Å². The normalized spacial score (nSPS) is 11.4. The first-order valence-corrected chi connectivity index (χ1v) is 8.85. The zero-order valence-electron chi connectivity index (χ0n) is 15.6. The number of aromatic nitrogens is 2. The van der Waals surface area contributed by atoms with E-state index in [1.54, 1.807) is 30.3 Å². The second kappa shape index (κ2) is 8.77. The summed E-state index contributed by atoms with van der Waals surface area (Å²) >= 11 is 0. The third-order valence-corrected chi connectivity index (χ3v) is 3.97. The molecule has 2 aromatic carbocycles. The summed E-state index contributed by atoms with van der Waals surface area (Å²) in [7, 11) is 0. The van der Waals surface area contributed by atoms with Gasteiger partial charge in [-0.1, -0.05) is 36.4 Å². The molecule has 7 nitrogen and oxygen atoms in total. The van der Waals surface area contributed by atoms with E-state index in [0.29, 0.717) is 17.3 Å². The van der Waals surface area contributed by atoms with E-state index < -0.39 is 0 Å². The third kappa shape index (κ3) is 5.14. The van der Waals surface area contributed by atoms with Crippen molar-refractivity contribution in [3.8, 4) is 0 Å². The fourth-order valence-electron chi connectivity index (χ4n) is 2.65. The Balaban J connectivity index is 1.69. The van der Waals surface area contributed by atoms with Gasteiger partial charge in [-0.2, -0.15) is 0 Å². The standard InChI is InChI=1S/C21H21N5O2/c1-14(16-7-4-3-5-8-16)23-21-22-12-11-19(26-21)20(28)25-18-10-6-9-17(13-18)24-15(2)27/h3-14H,1-2H3,(H,24,27)(H,25,28)(H,22,23,26). The number of carbonyl (C=O) groups is 2. The molecule has 3 aromatic rings. The van der Waals surface area contributed by atoms with Gasteiger partial charge in [0.1, 0.15) is 5.69 Å². The highest BCUT2D eigenvalue weighted by atomic mass is 16.2. The molecule has 1 heterocycles. The van der Waals surface area contributed by atoms with Gasteiger partial charge >= 0.3 is 0 Å². The number of benzene rings is 2. The summed E-state index contributed by atoms with van der Waals surface area (Å²) < 4.78 is 0. The molecule has 0 saturated heterocycles. The highest BCUT2D eigenvalue weighted by Gasteiger charge is 2.12. The SMILES string of the molecule is CC(=O)Nc1cccc(NC(=O)c2ccnc(NC(C)c3ccccc3)n2)c1. The van der Waals surface area contributed by atoms with Gasteiger partial charge in [-0.15, -0.1) is 0 Å². The van der Waals surface area contributed by atoms with Gasteiger partial charge in [0, 0.05) is 24.5 Å². The monoisotopic (exact) mass is 375 g/mol. The number of nitrogens with zero attached hydrogens (tertiary/aromatic N) is 2. The number of anilines is 3. The average Bonchev–Trinajstić information content (AvgIpc) is 2.68. The molecular formula is C21H21N5O2. The molecule has 0 spiro atoms. The molecule has 0 aliphatic heterocycles. The van der Waals surface area contributed by atoms with Crippen LogP contribution in [0.3, 0.4) is 0 Å². The van der Waals surface area contributed by atoms with E-state index in [4.69, 9.17) is 0 Å². The Morgan fingerprint density at radius 1 is 0.929 bits per heavy atom. The van der Waals surface area contributed by atoms with Gasteiger partial charge in [-0.05, 0) is 36.8 Å². The number of nitrogens with one attached hydrogen (secondary N) is 3. The molecule has 0 radical (unpaired) electrons. The molecule has 1 unspecified atom stereocenters. The zero-order chi connectivity index (χ0) is 19.9.